The molecule has 0 spiro atoms. The van der Waals surface area contributed by atoms with Crippen molar-refractivity contribution in [2.45, 2.75) is 39.7 Å². The maximum Gasteiger partial charge on any atom is 0.305 e. The van der Waals surface area contributed by atoms with E-state index in [1.54, 1.807) is 12.1 Å². The van der Waals surface area contributed by atoms with Crippen molar-refractivity contribution >= 4 is 34.5 Å². The number of carbonyl (C=O) groups is 2. The summed E-state index contributed by atoms with van der Waals surface area (Å²) in [6, 6.07) is 6.83. The van der Waals surface area contributed by atoms with Crippen molar-refractivity contribution in [1.82, 2.24) is 5.32 Å². The Morgan fingerprint density at radius 3 is 2.25 bits per heavy atom. The second kappa shape index (κ2) is 7.06. The van der Waals surface area contributed by atoms with Crippen molar-refractivity contribution in [1.29, 1.82) is 0 Å². The maximum absolute atomic E-state index is 12.1. The van der Waals surface area contributed by atoms with E-state index in [9.17, 15) is 9.59 Å². The minimum absolute atomic E-state index is 0.0422. The Labute approximate surface area is 133 Å². The van der Waals surface area contributed by atoms with Crippen LogP contribution in [0.4, 0.5) is 0 Å². The van der Waals surface area contributed by atoms with Gasteiger partial charge in [0.1, 0.15) is 0 Å². The molecule has 0 aromatic heterocycles. The molecule has 1 amide bonds. The second-order valence-corrected chi connectivity index (χ2v) is 7.29. The number of carboxylic acid groups (broad SMARTS) is 1. The third-order valence-electron chi connectivity index (χ3n) is 2.72. The van der Waals surface area contributed by atoms with Crippen LogP contribution in [-0.2, 0) is 4.79 Å². The number of benzene rings is 1. The van der Waals surface area contributed by atoms with Gasteiger partial charge in [-0.15, -0.1) is 0 Å². The fourth-order valence-electron chi connectivity index (χ4n) is 1.99. The fourth-order valence-corrected chi connectivity index (χ4v) is 2.35. The summed E-state index contributed by atoms with van der Waals surface area (Å²) in [6.07, 6.45) is 0.558. The van der Waals surface area contributed by atoms with Crippen LogP contribution in [-0.4, -0.2) is 23.0 Å². The molecule has 4 nitrogen and oxygen atoms in total. The minimum Gasteiger partial charge on any atom is -0.481 e. The zero-order chi connectivity index (χ0) is 15.3. The fraction of sp³-hybridized carbons (Fsp3) is 0.467. The molecule has 1 aromatic rings. The maximum atomic E-state index is 12.1. The van der Waals surface area contributed by atoms with E-state index in [1.165, 1.54) is 0 Å². The zero-order valence-corrected chi connectivity index (χ0v) is 14.1. The van der Waals surface area contributed by atoms with Crippen LogP contribution in [0, 0.1) is 8.99 Å². The van der Waals surface area contributed by atoms with Gasteiger partial charge in [-0.25, -0.2) is 0 Å². The van der Waals surface area contributed by atoms with Crippen LogP contribution in [0.3, 0.4) is 0 Å². The first-order valence-electron chi connectivity index (χ1n) is 6.45. The first kappa shape index (κ1) is 16.9. The van der Waals surface area contributed by atoms with Gasteiger partial charge in [0, 0.05) is 15.2 Å². The Kier molecular flexibility index (Phi) is 5.98. The summed E-state index contributed by atoms with van der Waals surface area (Å²) in [5, 5.41) is 11.8. The highest BCUT2D eigenvalue weighted by atomic mass is 127. The van der Waals surface area contributed by atoms with Crippen molar-refractivity contribution in [3.63, 3.8) is 0 Å². The molecule has 0 saturated carbocycles. The number of hydrogen-bond donors (Lipinski definition) is 2. The van der Waals surface area contributed by atoms with E-state index in [0.717, 1.165) is 3.57 Å². The van der Waals surface area contributed by atoms with Crippen LogP contribution in [0.15, 0.2) is 24.3 Å². The van der Waals surface area contributed by atoms with E-state index in [4.69, 9.17) is 5.11 Å². The van der Waals surface area contributed by atoms with E-state index in [1.807, 2.05) is 32.9 Å². The number of carboxylic acids is 1. The van der Waals surface area contributed by atoms with Crippen LogP contribution in [0.2, 0.25) is 0 Å². The van der Waals surface area contributed by atoms with Gasteiger partial charge in [0.2, 0.25) is 0 Å². The van der Waals surface area contributed by atoms with E-state index < -0.39 is 5.97 Å². The quantitative estimate of drug-likeness (QED) is 0.760. The van der Waals surface area contributed by atoms with E-state index in [-0.39, 0.29) is 23.8 Å². The van der Waals surface area contributed by atoms with Gasteiger partial charge < -0.3 is 10.4 Å². The van der Waals surface area contributed by atoms with Gasteiger partial charge >= 0.3 is 5.97 Å². The summed E-state index contributed by atoms with van der Waals surface area (Å²) in [5.41, 5.74) is 0.508. The lowest BCUT2D eigenvalue weighted by Crippen LogP contribution is -2.39. The first-order chi connectivity index (χ1) is 9.17. The normalized spacial score (nSPS) is 12.8. The van der Waals surface area contributed by atoms with Crippen LogP contribution < -0.4 is 5.32 Å². The van der Waals surface area contributed by atoms with Gasteiger partial charge in [0.05, 0.1) is 6.42 Å². The molecule has 110 valence electrons. The standard InChI is InChI=1S/C15H20INO3/c1-15(2,3)9-12(8-13(18)19)17-14(20)10-4-6-11(16)7-5-10/h4-7,12H,8-9H2,1-3H3,(H,17,20)(H,18,19). The molecule has 1 unspecified atom stereocenters. The molecule has 1 rings (SSSR count). The SMILES string of the molecule is CC(C)(C)CC(CC(=O)O)NC(=O)c1ccc(I)cc1. The third-order valence-corrected chi connectivity index (χ3v) is 3.44. The molecule has 2 N–H and O–H groups in total. The number of nitrogens with one attached hydrogen (secondary N) is 1. The number of halogens is 1. The molecule has 0 fully saturated rings. The Bertz CT molecular complexity index is 477. The molecule has 0 aliphatic carbocycles. The summed E-state index contributed by atoms with van der Waals surface area (Å²) in [4.78, 5) is 23.0. The number of hydrogen-bond acceptors (Lipinski definition) is 2. The molecule has 20 heavy (non-hydrogen) atoms. The highest BCUT2D eigenvalue weighted by Gasteiger charge is 2.23. The molecule has 0 aliphatic rings. The highest BCUT2D eigenvalue weighted by molar-refractivity contribution is 14.1. The molecule has 0 bridgehead atoms. The van der Waals surface area contributed by atoms with Crippen LogP contribution in [0.25, 0.3) is 0 Å². The van der Waals surface area contributed by atoms with Gasteiger partial charge in [0.15, 0.2) is 0 Å². The average Bonchev–Trinajstić information content (AvgIpc) is 2.26. The second-order valence-electron chi connectivity index (χ2n) is 6.04. The summed E-state index contributed by atoms with van der Waals surface area (Å²) >= 11 is 2.17. The summed E-state index contributed by atoms with van der Waals surface area (Å²) in [5.74, 6) is -1.13. The molecule has 5 heteroatoms. The van der Waals surface area contributed by atoms with Crippen LogP contribution >= 0.6 is 22.6 Å². The number of amides is 1. The van der Waals surface area contributed by atoms with Crippen molar-refractivity contribution in [2.24, 2.45) is 5.41 Å². The lowest BCUT2D eigenvalue weighted by atomic mass is 9.87. The molecular weight excluding hydrogens is 369 g/mol. The Hall–Kier alpha value is -1.11. The highest BCUT2D eigenvalue weighted by Crippen LogP contribution is 2.22. The molecular formula is C15H20INO3. The lowest BCUT2D eigenvalue weighted by Gasteiger charge is -2.25. The van der Waals surface area contributed by atoms with Gasteiger partial charge in [0.25, 0.3) is 5.91 Å². The monoisotopic (exact) mass is 389 g/mol. The molecule has 0 saturated heterocycles. The van der Waals surface area contributed by atoms with E-state index in [2.05, 4.69) is 27.9 Å². The molecule has 0 radical (unpaired) electrons. The Morgan fingerprint density at radius 1 is 1.25 bits per heavy atom. The molecule has 0 aliphatic heterocycles. The number of carbonyl (C=O) groups excluding carboxylic acids is 1. The third kappa shape index (κ3) is 6.36. The van der Waals surface area contributed by atoms with Crippen molar-refractivity contribution in [2.75, 3.05) is 0 Å². The predicted octanol–water partition coefficient (Wildman–Crippen LogP) is 3.30. The smallest absolute Gasteiger partial charge is 0.305 e. The lowest BCUT2D eigenvalue weighted by molar-refractivity contribution is -0.137. The summed E-state index contributed by atoms with van der Waals surface area (Å²) in [7, 11) is 0. The minimum atomic E-state index is -0.901. The van der Waals surface area contributed by atoms with Crippen molar-refractivity contribution in [3.8, 4) is 0 Å². The zero-order valence-electron chi connectivity index (χ0n) is 11.9. The van der Waals surface area contributed by atoms with Crippen LogP contribution in [0.1, 0.15) is 44.0 Å². The summed E-state index contributed by atoms with van der Waals surface area (Å²) < 4.78 is 1.05. The number of aliphatic carboxylic acids is 1. The summed E-state index contributed by atoms with van der Waals surface area (Å²) in [6.45, 7) is 6.08. The number of rotatable bonds is 5. The van der Waals surface area contributed by atoms with Crippen molar-refractivity contribution in [3.05, 3.63) is 33.4 Å². The van der Waals surface area contributed by atoms with E-state index in [0.29, 0.717) is 12.0 Å². The molecule has 1 atom stereocenters. The molecule has 0 heterocycles. The van der Waals surface area contributed by atoms with Gasteiger partial charge in [-0.05, 0) is 58.7 Å². The topological polar surface area (TPSA) is 66.4 Å². The van der Waals surface area contributed by atoms with E-state index >= 15 is 0 Å². The van der Waals surface area contributed by atoms with Gasteiger partial charge in [-0.1, -0.05) is 20.8 Å². The largest absolute Gasteiger partial charge is 0.481 e. The Morgan fingerprint density at radius 2 is 1.80 bits per heavy atom. The van der Waals surface area contributed by atoms with Crippen LogP contribution in [0.5, 0.6) is 0 Å². The Balaban J connectivity index is 2.75. The van der Waals surface area contributed by atoms with Gasteiger partial charge in [-0.3, -0.25) is 9.59 Å². The molecule has 1 aromatic carbocycles. The first-order valence-corrected chi connectivity index (χ1v) is 7.53. The van der Waals surface area contributed by atoms with Crippen molar-refractivity contribution < 1.29 is 14.7 Å². The predicted molar refractivity (Wildman–Crippen MR) is 86.7 cm³/mol. The average molecular weight is 389 g/mol. The van der Waals surface area contributed by atoms with Gasteiger partial charge in [-0.2, -0.15) is 0 Å².